The number of alkyl halides is 2. The number of carbonyl (C=O) groups is 4. The Balaban J connectivity index is 0.000000161. The zero-order chi connectivity index (χ0) is 29.2. The smallest absolute Gasteiger partial charge is 0.196 e. The molecule has 2 atom stereocenters. The molecule has 0 fully saturated rings. The van der Waals surface area contributed by atoms with Crippen molar-refractivity contribution >= 4 is 92.3 Å². The van der Waals surface area contributed by atoms with Crippen molar-refractivity contribution in [3.8, 4) is 0 Å². The molecule has 3 aliphatic rings. The summed E-state index contributed by atoms with van der Waals surface area (Å²) >= 11 is 23.9. The van der Waals surface area contributed by atoms with Crippen LogP contribution in [0.15, 0.2) is 59.7 Å². The second-order valence-corrected chi connectivity index (χ2v) is 10.7. The molecule has 3 aromatic rings. The van der Waals surface area contributed by atoms with Gasteiger partial charge in [-0.05, 0) is 0 Å². The summed E-state index contributed by atoms with van der Waals surface area (Å²) < 4.78 is 0. The molecule has 3 aliphatic carbocycles. The molecule has 0 aromatic heterocycles. The van der Waals surface area contributed by atoms with E-state index >= 15 is 0 Å². The van der Waals surface area contributed by atoms with Crippen molar-refractivity contribution in [2.45, 2.75) is 10.8 Å². The van der Waals surface area contributed by atoms with Crippen molar-refractivity contribution in [2.24, 2.45) is 0 Å². The Labute approximate surface area is 246 Å². The van der Waals surface area contributed by atoms with Crippen LogP contribution in [0.4, 0.5) is 11.4 Å². The molecule has 0 heterocycles. The molecule has 0 aliphatic heterocycles. The fraction of sp³-hybridized carbons (Fsp3) is 0.0714. The lowest BCUT2D eigenvalue weighted by molar-refractivity contribution is 0.0980. The van der Waals surface area contributed by atoms with Crippen LogP contribution in [0.3, 0.4) is 0 Å². The lowest BCUT2D eigenvalue weighted by atomic mass is 9.75. The number of fused-ring (bicyclic) bond motifs is 3. The van der Waals surface area contributed by atoms with Gasteiger partial charge in [0.25, 0.3) is 0 Å². The van der Waals surface area contributed by atoms with Crippen molar-refractivity contribution in [3.05, 3.63) is 103 Å². The lowest BCUT2D eigenvalue weighted by Crippen LogP contribution is -2.45. The molecule has 0 amide bonds. The Morgan fingerprint density at radius 2 is 0.825 bits per heavy atom. The highest BCUT2D eigenvalue weighted by molar-refractivity contribution is 6.58. The minimum Gasteiger partial charge on any atom is -0.397 e. The second kappa shape index (κ2) is 9.98. The van der Waals surface area contributed by atoms with Crippen LogP contribution in [0.25, 0.3) is 0 Å². The minimum atomic E-state index is -0.982. The third kappa shape index (κ3) is 3.90. The van der Waals surface area contributed by atoms with Gasteiger partial charge in [-0.1, -0.05) is 71.7 Å². The van der Waals surface area contributed by atoms with E-state index in [1.165, 1.54) is 12.1 Å². The van der Waals surface area contributed by atoms with E-state index in [1.54, 1.807) is 36.4 Å². The number of ketones is 4. The number of nitrogens with one attached hydrogen (secondary N) is 2. The molecule has 3 aromatic carbocycles. The summed E-state index contributed by atoms with van der Waals surface area (Å²) in [5.74, 6) is -1.64. The molecule has 6 N–H and O–H groups in total. The standard InChI is InChI=1S/2C14H8Cl2N2O2/c2*15-9-10(16)12(18)8-7(11(9)17)13(19)5-3-1-2-4-6(5)14(8)20/h1-4H,17-18H2;1-4,9-10,17-18H. The van der Waals surface area contributed by atoms with Gasteiger partial charge < -0.3 is 22.3 Å². The van der Waals surface area contributed by atoms with Crippen LogP contribution in [-0.2, 0) is 0 Å². The lowest BCUT2D eigenvalue weighted by Gasteiger charge is -2.31. The van der Waals surface area contributed by atoms with E-state index in [0.717, 1.165) is 0 Å². The number of halogens is 4. The van der Waals surface area contributed by atoms with E-state index in [-0.39, 0.29) is 88.9 Å². The zero-order valence-electron chi connectivity index (χ0n) is 20.1. The summed E-state index contributed by atoms with van der Waals surface area (Å²) in [7, 11) is 0. The maximum absolute atomic E-state index is 12.5. The van der Waals surface area contributed by atoms with Gasteiger partial charge in [0, 0.05) is 22.3 Å². The van der Waals surface area contributed by atoms with Crippen LogP contribution in [0.2, 0.25) is 10.0 Å². The molecular weight excluding hydrogens is 598 g/mol. The number of Topliss-reactive ketones (excluding diaryl/α,β-unsaturated/α-hetero) is 2. The van der Waals surface area contributed by atoms with Gasteiger partial charge in [0.05, 0.1) is 65.9 Å². The van der Waals surface area contributed by atoms with Crippen LogP contribution < -0.4 is 11.5 Å². The first-order valence-corrected chi connectivity index (χ1v) is 13.2. The first-order chi connectivity index (χ1) is 18.9. The fourth-order valence-corrected chi connectivity index (χ4v) is 5.67. The number of carbonyl (C=O) groups excluding carboxylic acids is 4. The van der Waals surface area contributed by atoms with E-state index in [0.29, 0.717) is 0 Å². The molecule has 0 radical (unpaired) electrons. The molecule has 2 unspecified atom stereocenters. The maximum atomic E-state index is 12.5. The zero-order valence-corrected chi connectivity index (χ0v) is 23.1. The number of nitrogen functional groups attached to an aromatic ring is 2. The molecule has 40 heavy (non-hydrogen) atoms. The maximum Gasteiger partial charge on any atom is 0.196 e. The predicted molar refractivity (Wildman–Crippen MR) is 155 cm³/mol. The number of hydrogen-bond acceptors (Lipinski definition) is 8. The third-order valence-electron chi connectivity index (χ3n) is 6.79. The van der Waals surface area contributed by atoms with E-state index in [2.05, 4.69) is 0 Å². The third-order valence-corrected chi connectivity index (χ3v) is 8.74. The van der Waals surface area contributed by atoms with Gasteiger partial charge in [0.15, 0.2) is 23.1 Å². The number of allylic oxidation sites excluding steroid dienone is 2. The van der Waals surface area contributed by atoms with Crippen molar-refractivity contribution in [1.82, 2.24) is 0 Å². The number of nitrogens with two attached hydrogens (primary N) is 2. The second-order valence-electron chi connectivity index (χ2n) is 8.99. The molecular formula is C28H16Cl4N4O4. The minimum absolute atomic E-state index is 0.0107. The SMILES string of the molecule is N=C1C2=C(C(=N)C(Cl)C1Cl)C(=O)c1ccccc1C2=O.Nc1c(Cl)c(Cl)c(N)c2c1C(=O)c1ccccc1C2=O. The van der Waals surface area contributed by atoms with Crippen LogP contribution in [0, 0.1) is 10.8 Å². The van der Waals surface area contributed by atoms with Crippen LogP contribution in [0.1, 0.15) is 52.6 Å². The van der Waals surface area contributed by atoms with Gasteiger partial charge in [-0.3, -0.25) is 19.2 Å². The van der Waals surface area contributed by atoms with Crippen LogP contribution >= 0.6 is 46.4 Å². The summed E-state index contributed by atoms with van der Waals surface area (Å²) in [5, 5.41) is 13.9. The molecule has 0 saturated carbocycles. The summed E-state index contributed by atoms with van der Waals surface area (Å²) in [6, 6.07) is 12.8. The number of hydrogen-bond donors (Lipinski definition) is 4. The average Bonchev–Trinajstić information content (AvgIpc) is 2.96. The first-order valence-electron chi connectivity index (χ1n) is 11.5. The molecule has 8 nitrogen and oxygen atoms in total. The van der Waals surface area contributed by atoms with Crippen molar-refractivity contribution in [3.63, 3.8) is 0 Å². The van der Waals surface area contributed by atoms with Gasteiger partial charge in [0.2, 0.25) is 0 Å². The molecule has 0 spiro atoms. The Bertz CT molecular complexity index is 1670. The van der Waals surface area contributed by atoms with Gasteiger partial charge in [-0.25, -0.2) is 0 Å². The highest BCUT2D eigenvalue weighted by Crippen LogP contribution is 2.43. The number of anilines is 2. The summed E-state index contributed by atoms with van der Waals surface area (Å²) in [6.07, 6.45) is 0. The molecule has 12 heteroatoms. The largest absolute Gasteiger partial charge is 0.397 e. The van der Waals surface area contributed by atoms with Gasteiger partial charge in [-0.15, -0.1) is 23.2 Å². The normalized spacial score (nSPS) is 19.4. The Kier molecular flexibility index (Phi) is 6.92. The molecule has 0 bridgehead atoms. The topological polar surface area (TPSA) is 168 Å². The molecule has 6 rings (SSSR count). The average molecular weight is 614 g/mol. The number of benzene rings is 3. The van der Waals surface area contributed by atoms with Gasteiger partial charge in [0.1, 0.15) is 0 Å². The summed E-state index contributed by atoms with van der Waals surface area (Å²) in [5.41, 5.74) is 12.2. The van der Waals surface area contributed by atoms with Crippen LogP contribution in [-0.4, -0.2) is 45.3 Å². The van der Waals surface area contributed by atoms with Crippen molar-refractivity contribution in [2.75, 3.05) is 11.5 Å². The van der Waals surface area contributed by atoms with E-state index in [1.807, 2.05) is 0 Å². The highest BCUT2D eigenvalue weighted by Gasteiger charge is 2.45. The van der Waals surface area contributed by atoms with Crippen LogP contribution in [0.5, 0.6) is 0 Å². The van der Waals surface area contributed by atoms with Crippen molar-refractivity contribution in [1.29, 1.82) is 10.8 Å². The molecule has 0 saturated heterocycles. The fourth-order valence-electron chi connectivity index (χ4n) is 4.80. The Hall–Kier alpha value is -3.82. The summed E-state index contributed by atoms with van der Waals surface area (Å²) in [6.45, 7) is 0. The summed E-state index contributed by atoms with van der Waals surface area (Å²) in [4.78, 5) is 49.9. The van der Waals surface area contributed by atoms with Crippen molar-refractivity contribution < 1.29 is 19.2 Å². The number of rotatable bonds is 0. The van der Waals surface area contributed by atoms with Gasteiger partial charge in [-0.2, -0.15) is 0 Å². The highest BCUT2D eigenvalue weighted by atomic mass is 35.5. The van der Waals surface area contributed by atoms with E-state index in [9.17, 15) is 19.2 Å². The quantitative estimate of drug-likeness (QED) is 0.149. The van der Waals surface area contributed by atoms with E-state index < -0.39 is 22.3 Å². The van der Waals surface area contributed by atoms with Gasteiger partial charge >= 0.3 is 0 Å². The monoisotopic (exact) mass is 612 g/mol. The predicted octanol–water partition coefficient (Wildman–Crippen LogP) is 5.56. The first kappa shape index (κ1) is 27.7. The Morgan fingerprint density at radius 1 is 0.550 bits per heavy atom. The Morgan fingerprint density at radius 3 is 1.12 bits per heavy atom. The molecule has 200 valence electrons. The van der Waals surface area contributed by atoms with E-state index in [4.69, 9.17) is 68.7 Å².